The predicted molar refractivity (Wildman–Crippen MR) is 176 cm³/mol. The topological polar surface area (TPSA) is 243 Å². The van der Waals surface area contributed by atoms with Gasteiger partial charge in [0.05, 0.1) is 25.3 Å². The van der Waals surface area contributed by atoms with Crippen LogP contribution in [0, 0.1) is 0 Å². The van der Waals surface area contributed by atoms with Gasteiger partial charge >= 0.3 is 13.7 Å². The summed E-state index contributed by atoms with van der Waals surface area (Å²) in [6, 6.07) is 5.79. The van der Waals surface area contributed by atoms with Crippen LogP contribution in [0.2, 0.25) is 5.02 Å². The van der Waals surface area contributed by atoms with Crippen LogP contribution in [0.1, 0.15) is 52.7 Å². The van der Waals surface area contributed by atoms with Crippen molar-refractivity contribution in [3.05, 3.63) is 35.6 Å². The summed E-state index contributed by atoms with van der Waals surface area (Å²) in [5, 5.41) is 27.3. The van der Waals surface area contributed by atoms with E-state index in [4.69, 9.17) is 35.9 Å². The second kappa shape index (κ2) is 12.9. The van der Waals surface area contributed by atoms with Crippen LogP contribution in [-0.2, 0) is 33.4 Å². The van der Waals surface area contributed by atoms with Crippen LogP contribution in [0.4, 0.5) is 11.8 Å². The van der Waals surface area contributed by atoms with Crippen LogP contribution in [0.3, 0.4) is 0 Å². The molecule has 2 aliphatic carbocycles. The van der Waals surface area contributed by atoms with E-state index in [1.807, 2.05) is 0 Å². The summed E-state index contributed by atoms with van der Waals surface area (Å²) in [6.45, 7) is 4.14. The van der Waals surface area contributed by atoms with Crippen LogP contribution in [0.25, 0.3) is 11.2 Å². The largest absolute Gasteiger partial charge is 0.462 e. The number of sulfonamides is 1. The number of nitrogen functional groups attached to an aromatic ring is 1. The number of hydrogen-bond acceptors (Lipinski definition) is 15. The van der Waals surface area contributed by atoms with Crippen LogP contribution in [0.15, 0.2) is 30.6 Å². The maximum absolute atomic E-state index is 14.2. The minimum Gasteiger partial charge on any atom is -0.462 e. The monoisotopic (exact) mass is 744 g/mol. The van der Waals surface area contributed by atoms with Crippen molar-refractivity contribution in [2.24, 2.45) is 0 Å². The van der Waals surface area contributed by atoms with Crippen LogP contribution < -0.4 is 25.2 Å². The molecule has 5 atom stereocenters. The Bertz CT molecular complexity index is 1890. The van der Waals surface area contributed by atoms with E-state index in [-0.39, 0.29) is 34.7 Å². The average molecular weight is 745 g/mol. The number of carbonyl (C=O) groups is 1. The second-order valence-electron chi connectivity index (χ2n) is 12.9. The Labute approximate surface area is 286 Å². The molecule has 0 spiro atoms. The van der Waals surface area contributed by atoms with Gasteiger partial charge in [-0.25, -0.2) is 18.0 Å². The smallest absolute Gasteiger partial charge is 0.459 e. The number of aliphatic hydroxyl groups excluding tert-OH is 1. The van der Waals surface area contributed by atoms with E-state index in [1.165, 1.54) is 47.1 Å². The first-order chi connectivity index (χ1) is 22.9. The lowest BCUT2D eigenvalue weighted by Gasteiger charge is -2.28. The number of fused-ring (bicyclic) bond motifs is 1. The number of benzene rings is 1. The zero-order valence-electron chi connectivity index (χ0n) is 27.0. The lowest BCUT2D eigenvalue weighted by Crippen LogP contribution is -2.45. The maximum Gasteiger partial charge on any atom is 0.459 e. The Balaban J connectivity index is 1.26. The molecule has 2 aromatic heterocycles. The van der Waals surface area contributed by atoms with Crippen molar-refractivity contribution in [3.8, 4) is 5.75 Å². The third kappa shape index (κ3) is 7.64. The zero-order valence-corrected chi connectivity index (χ0v) is 29.5. The number of nitrogens with two attached hydrogens (primary N) is 1. The van der Waals surface area contributed by atoms with Gasteiger partial charge in [0.15, 0.2) is 23.2 Å². The highest BCUT2D eigenvalue weighted by Crippen LogP contribution is 2.53. The van der Waals surface area contributed by atoms with Gasteiger partial charge in [-0.3, -0.25) is 18.9 Å². The van der Waals surface area contributed by atoms with Gasteiger partial charge in [0, 0.05) is 11.1 Å². The molecule has 18 nitrogen and oxygen atoms in total. The fourth-order valence-corrected chi connectivity index (χ4v) is 7.86. The molecule has 3 fully saturated rings. The number of anilines is 2. The number of carbonyl (C=O) groups excluding carboxylic acids is 1. The number of rotatable bonds is 14. The fraction of sp³-hybridized carbons (Fsp3) is 0.571. The molecule has 0 amide bonds. The number of esters is 1. The first-order valence-corrected chi connectivity index (χ1v) is 19.2. The molecule has 0 radical (unpaired) electrons. The Morgan fingerprint density at radius 3 is 2.53 bits per heavy atom. The molecule has 1 aliphatic heterocycles. The number of hydrogen-bond donors (Lipinski definition) is 5. The van der Waals surface area contributed by atoms with Crippen LogP contribution >= 0.6 is 19.3 Å². The zero-order chi connectivity index (χ0) is 35.5. The SMILES string of the molecule is CC(C)OC(=O)C1(NP(=O)(OCC2O[C@@H](n3cnc4c(N(NS(C)(=O)=O)C5CC5)nc(N)nc43)[C@](C)(O)[C@@H]2O)Oc2ccc(Cl)cc2)CC1. The molecule has 6 N–H and O–H groups in total. The quantitative estimate of drug-likeness (QED) is 0.0897. The van der Waals surface area contributed by atoms with Gasteiger partial charge in [-0.15, -0.1) is 4.83 Å². The van der Waals surface area contributed by atoms with Crippen LogP contribution in [0.5, 0.6) is 5.75 Å². The Morgan fingerprint density at radius 2 is 1.94 bits per heavy atom. The summed E-state index contributed by atoms with van der Waals surface area (Å²) < 4.78 is 62.8. The van der Waals surface area contributed by atoms with E-state index < -0.39 is 66.0 Å². The summed E-state index contributed by atoms with van der Waals surface area (Å²) >= 11 is 5.99. The lowest BCUT2D eigenvalue weighted by molar-refractivity contribution is -0.150. The van der Waals surface area contributed by atoms with Gasteiger partial charge < -0.3 is 29.9 Å². The highest BCUT2D eigenvalue weighted by atomic mass is 35.5. The number of aromatic nitrogens is 4. The summed E-state index contributed by atoms with van der Waals surface area (Å²) in [5.41, 5.74) is 2.96. The number of hydrazine groups is 1. The number of halogens is 1. The van der Waals surface area contributed by atoms with E-state index in [9.17, 15) is 28.0 Å². The Hall–Kier alpha value is -3.13. The molecule has 0 bridgehead atoms. The summed E-state index contributed by atoms with van der Waals surface area (Å²) in [5.74, 6) is -0.608. The normalized spacial score (nSPS) is 26.1. The third-order valence-corrected chi connectivity index (χ3v) is 10.5. The maximum atomic E-state index is 14.2. The standard InChI is InChI=1S/C28H38ClN8O10PS/c1-15(2)45-25(39)28(11-12-28)34-48(41,47-18-9-5-16(29)6-10-18)44-13-19-21(38)27(3,40)24(46-19)36-14-31-20-22(36)32-26(30)33-23(20)37(17-7-8-17)35-49(4,42)43/h5-6,9-10,14-15,17,19,21,24,35,38,40H,7-8,11-13H2,1-4H3,(H,34,41)(H2,30,32,33)/t19?,21-,24-,27-,48?/m1/s1. The molecule has 3 heterocycles. The first-order valence-electron chi connectivity index (χ1n) is 15.4. The fourth-order valence-electron chi connectivity index (χ4n) is 5.40. The molecular weight excluding hydrogens is 707 g/mol. The molecule has 1 saturated heterocycles. The van der Waals surface area contributed by atoms with E-state index in [0.29, 0.717) is 30.7 Å². The van der Waals surface area contributed by atoms with Crippen molar-refractivity contribution >= 4 is 58.3 Å². The molecular formula is C28H38ClN8O10PS. The summed E-state index contributed by atoms with van der Waals surface area (Å²) in [7, 11) is -8.08. The van der Waals surface area contributed by atoms with Crippen molar-refractivity contribution in [1.29, 1.82) is 0 Å². The van der Waals surface area contributed by atoms with E-state index in [1.54, 1.807) is 13.8 Å². The molecule has 1 aromatic carbocycles. The van der Waals surface area contributed by atoms with Crippen molar-refractivity contribution in [3.63, 3.8) is 0 Å². The Morgan fingerprint density at radius 1 is 1.27 bits per heavy atom. The molecule has 6 rings (SSSR count). The molecule has 2 saturated carbocycles. The Kier molecular flexibility index (Phi) is 9.38. The van der Waals surface area contributed by atoms with Gasteiger partial charge in [-0.2, -0.15) is 15.1 Å². The summed E-state index contributed by atoms with van der Waals surface area (Å²) in [6.07, 6.45) is -0.326. The number of ether oxygens (including phenoxy) is 2. The summed E-state index contributed by atoms with van der Waals surface area (Å²) in [4.78, 5) is 28.2. The number of nitrogens with one attached hydrogen (secondary N) is 2. The molecule has 3 aromatic rings. The van der Waals surface area contributed by atoms with Crippen molar-refractivity contribution in [2.45, 2.75) is 88.2 Å². The van der Waals surface area contributed by atoms with Crippen molar-refractivity contribution in [1.82, 2.24) is 29.4 Å². The molecule has 3 aliphatic rings. The predicted octanol–water partition coefficient (Wildman–Crippen LogP) is 1.78. The molecule has 21 heteroatoms. The highest BCUT2D eigenvalue weighted by Gasteiger charge is 2.58. The number of aliphatic hydroxyl groups is 2. The average Bonchev–Trinajstić information content (AvgIpc) is 3.93. The minimum absolute atomic E-state index is 0.0836. The van der Waals surface area contributed by atoms with E-state index >= 15 is 0 Å². The van der Waals surface area contributed by atoms with Crippen molar-refractivity contribution in [2.75, 3.05) is 23.6 Å². The van der Waals surface area contributed by atoms with Crippen molar-refractivity contribution < 1.29 is 46.5 Å². The highest BCUT2D eigenvalue weighted by molar-refractivity contribution is 7.88. The van der Waals surface area contributed by atoms with Gasteiger partial charge in [-0.1, -0.05) is 11.6 Å². The molecule has 268 valence electrons. The first kappa shape index (κ1) is 35.7. The molecule has 49 heavy (non-hydrogen) atoms. The second-order valence-corrected chi connectivity index (χ2v) is 16.7. The van der Waals surface area contributed by atoms with E-state index in [2.05, 4.69) is 24.9 Å². The van der Waals surface area contributed by atoms with Gasteiger partial charge in [0.25, 0.3) is 0 Å². The minimum atomic E-state index is -4.38. The van der Waals surface area contributed by atoms with Gasteiger partial charge in [0.2, 0.25) is 16.0 Å². The van der Waals surface area contributed by atoms with Gasteiger partial charge in [0.1, 0.15) is 29.1 Å². The molecule has 2 unspecified atom stereocenters. The third-order valence-electron chi connectivity index (χ3n) is 8.11. The number of imidazole rings is 1. The van der Waals surface area contributed by atoms with Gasteiger partial charge in [-0.05, 0) is 70.7 Å². The van der Waals surface area contributed by atoms with Crippen LogP contribution in [-0.4, -0.2) is 92.5 Å². The lowest BCUT2D eigenvalue weighted by atomic mass is 9.96. The number of nitrogens with zero attached hydrogens (tertiary/aromatic N) is 5. The van der Waals surface area contributed by atoms with E-state index in [0.717, 1.165) is 6.26 Å².